The third kappa shape index (κ3) is 13.5. The Morgan fingerprint density at radius 1 is 0.966 bits per heavy atom. The lowest BCUT2D eigenvalue weighted by molar-refractivity contribution is -0.121. The Bertz CT molecular complexity index is 590. The molecule has 1 aromatic rings. The van der Waals surface area contributed by atoms with Gasteiger partial charge in [0.1, 0.15) is 5.75 Å². The number of unbranched alkanes of at least 4 members (excludes halogenated alkanes) is 12. The first-order valence-corrected chi connectivity index (χ1v) is 12.1. The topological polar surface area (TPSA) is 50.7 Å². The Morgan fingerprint density at radius 2 is 1.52 bits per heavy atom. The van der Waals surface area contributed by atoms with Gasteiger partial charge in [-0.25, -0.2) is 5.43 Å². The molecule has 0 aliphatic heterocycles. The van der Waals surface area contributed by atoms with E-state index in [1.165, 1.54) is 70.6 Å². The molecule has 4 nitrogen and oxygen atoms in total. The second kappa shape index (κ2) is 17.5. The normalized spacial score (nSPS) is 11.1. The highest BCUT2D eigenvalue weighted by atomic mass is 79.9. The minimum atomic E-state index is -0.0247. The SMILES string of the molecule is CCCCCCCCCCCCCCCC(=O)N/N=C/c1cc(OC)ccc1Br. The molecule has 0 saturated heterocycles. The van der Waals surface area contributed by atoms with Crippen LogP contribution in [0, 0.1) is 0 Å². The maximum absolute atomic E-state index is 11.9. The largest absolute Gasteiger partial charge is 0.497 e. The van der Waals surface area contributed by atoms with E-state index in [2.05, 4.69) is 33.4 Å². The summed E-state index contributed by atoms with van der Waals surface area (Å²) in [7, 11) is 1.63. The highest BCUT2D eigenvalue weighted by Crippen LogP contribution is 2.20. The molecule has 0 spiro atoms. The summed E-state index contributed by atoms with van der Waals surface area (Å²) in [6, 6.07) is 5.64. The molecule has 1 aromatic carbocycles. The number of amides is 1. The second-order valence-corrected chi connectivity index (χ2v) is 8.53. The molecule has 1 rings (SSSR count). The van der Waals surface area contributed by atoms with E-state index in [4.69, 9.17) is 4.74 Å². The van der Waals surface area contributed by atoms with Crippen LogP contribution >= 0.6 is 15.9 Å². The van der Waals surface area contributed by atoms with E-state index >= 15 is 0 Å². The van der Waals surface area contributed by atoms with E-state index in [9.17, 15) is 4.79 Å². The third-order valence-corrected chi connectivity index (χ3v) is 5.83. The van der Waals surface area contributed by atoms with Gasteiger partial charge in [-0.3, -0.25) is 4.79 Å². The molecule has 1 N–H and O–H groups in total. The van der Waals surface area contributed by atoms with Crippen LogP contribution in [-0.2, 0) is 4.79 Å². The van der Waals surface area contributed by atoms with Crippen molar-refractivity contribution in [2.45, 2.75) is 96.8 Å². The molecule has 0 fully saturated rings. The molecule has 5 heteroatoms. The van der Waals surface area contributed by atoms with Crippen LogP contribution in [0.15, 0.2) is 27.8 Å². The minimum absolute atomic E-state index is 0.0247. The number of nitrogens with one attached hydrogen (secondary N) is 1. The predicted molar refractivity (Wildman–Crippen MR) is 127 cm³/mol. The van der Waals surface area contributed by atoms with Gasteiger partial charge in [-0.2, -0.15) is 5.10 Å². The Labute approximate surface area is 186 Å². The van der Waals surface area contributed by atoms with E-state index in [1.54, 1.807) is 13.3 Å². The van der Waals surface area contributed by atoms with Gasteiger partial charge in [0.25, 0.3) is 0 Å². The van der Waals surface area contributed by atoms with Crippen molar-refractivity contribution in [2.24, 2.45) is 5.10 Å². The summed E-state index contributed by atoms with van der Waals surface area (Å²) in [5, 5.41) is 4.05. The fourth-order valence-electron chi connectivity index (χ4n) is 3.28. The van der Waals surface area contributed by atoms with Crippen molar-refractivity contribution in [1.29, 1.82) is 0 Å². The van der Waals surface area contributed by atoms with Crippen molar-refractivity contribution in [3.05, 3.63) is 28.2 Å². The van der Waals surface area contributed by atoms with E-state index in [0.717, 1.165) is 28.6 Å². The number of ether oxygens (including phenoxy) is 1. The number of hydrazone groups is 1. The molecule has 1 amide bonds. The van der Waals surface area contributed by atoms with Crippen LogP contribution in [0.25, 0.3) is 0 Å². The maximum atomic E-state index is 11.9. The number of hydrogen-bond donors (Lipinski definition) is 1. The zero-order chi connectivity index (χ0) is 21.2. The van der Waals surface area contributed by atoms with Crippen LogP contribution in [0.2, 0.25) is 0 Å². The Kier molecular flexibility index (Phi) is 15.5. The van der Waals surface area contributed by atoms with Crippen LogP contribution in [0.4, 0.5) is 0 Å². The molecule has 0 unspecified atom stereocenters. The number of halogens is 1. The number of carbonyl (C=O) groups is 1. The van der Waals surface area contributed by atoms with Crippen molar-refractivity contribution in [3.8, 4) is 5.75 Å². The first kappa shape index (κ1) is 25.7. The van der Waals surface area contributed by atoms with Gasteiger partial charge in [0, 0.05) is 16.5 Å². The molecular weight excluding hydrogens is 428 g/mol. The number of nitrogens with zero attached hydrogens (tertiary/aromatic N) is 1. The van der Waals surface area contributed by atoms with Gasteiger partial charge in [0.05, 0.1) is 13.3 Å². The maximum Gasteiger partial charge on any atom is 0.240 e. The highest BCUT2D eigenvalue weighted by molar-refractivity contribution is 9.10. The van der Waals surface area contributed by atoms with E-state index in [0.29, 0.717) is 6.42 Å². The fraction of sp³-hybridized carbons (Fsp3) is 0.667. The summed E-state index contributed by atoms with van der Waals surface area (Å²) < 4.78 is 6.11. The zero-order valence-electron chi connectivity index (χ0n) is 18.4. The molecule has 0 aliphatic carbocycles. The number of methoxy groups -OCH3 is 1. The van der Waals surface area contributed by atoms with Crippen molar-refractivity contribution >= 4 is 28.1 Å². The van der Waals surface area contributed by atoms with Crippen molar-refractivity contribution in [3.63, 3.8) is 0 Å². The smallest absolute Gasteiger partial charge is 0.240 e. The van der Waals surface area contributed by atoms with Gasteiger partial charge >= 0.3 is 0 Å². The summed E-state index contributed by atoms with van der Waals surface area (Å²) >= 11 is 3.47. The Hall–Kier alpha value is -1.36. The van der Waals surface area contributed by atoms with Crippen molar-refractivity contribution in [1.82, 2.24) is 5.43 Å². The van der Waals surface area contributed by atoms with E-state index < -0.39 is 0 Å². The number of rotatable bonds is 17. The lowest BCUT2D eigenvalue weighted by Crippen LogP contribution is -2.16. The highest BCUT2D eigenvalue weighted by Gasteiger charge is 2.02. The van der Waals surface area contributed by atoms with Gasteiger partial charge in [-0.15, -0.1) is 0 Å². The molecule has 29 heavy (non-hydrogen) atoms. The molecule has 0 saturated carbocycles. The average molecular weight is 467 g/mol. The van der Waals surface area contributed by atoms with E-state index in [-0.39, 0.29) is 5.91 Å². The summed E-state index contributed by atoms with van der Waals surface area (Å²) in [6.07, 6.45) is 19.2. The monoisotopic (exact) mass is 466 g/mol. The van der Waals surface area contributed by atoms with Gasteiger partial charge < -0.3 is 4.74 Å². The third-order valence-electron chi connectivity index (χ3n) is 5.10. The molecule has 0 heterocycles. The van der Waals surface area contributed by atoms with Gasteiger partial charge in [-0.1, -0.05) is 99.9 Å². The summed E-state index contributed by atoms with van der Waals surface area (Å²) in [4.78, 5) is 11.9. The first-order chi connectivity index (χ1) is 14.2. The van der Waals surface area contributed by atoms with Crippen LogP contribution in [-0.4, -0.2) is 19.2 Å². The van der Waals surface area contributed by atoms with Crippen molar-refractivity contribution in [2.75, 3.05) is 7.11 Å². The van der Waals surface area contributed by atoms with Crippen LogP contribution < -0.4 is 10.2 Å². The predicted octanol–water partition coefficient (Wildman–Crippen LogP) is 7.39. The summed E-state index contributed by atoms with van der Waals surface area (Å²) in [5.74, 6) is 0.733. The lowest BCUT2D eigenvalue weighted by atomic mass is 10.0. The number of benzene rings is 1. The number of hydrogen-bond acceptors (Lipinski definition) is 3. The number of carbonyl (C=O) groups excluding carboxylic acids is 1. The Morgan fingerprint density at radius 3 is 2.07 bits per heavy atom. The second-order valence-electron chi connectivity index (χ2n) is 7.67. The molecule has 0 radical (unpaired) electrons. The molecule has 0 aromatic heterocycles. The van der Waals surface area contributed by atoms with E-state index in [1.807, 2.05) is 18.2 Å². The van der Waals surface area contributed by atoms with Crippen molar-refractivity contribution < 1.29 is 9.53 Å². The molecule has 0 bridgehead atoms. The molecule has 0 aliphatic rings. The standard InChI is InChI=1S/C24H39BrN2O2/c1-3-4-5-6-7-8-9-10-11-12-13-14-15-16-24(28)27-26-20-21-19-22(29-2)17-18-23(21)25/h17-20H,3-16H2,1-2H3,(H,27,28)/b26-20+. The summed E-state index contributed by atoms with van der Waals surface area (Å²) in [5.41, 5.74) is 3.47. The van der Waals surface area contributed by atoms with Gasteiger partial charge in [-0.05, 0) is 24.6 Å². The van der Waals surface area contributed by atoms with Crippen LogP contribution in [0.5, 0.6) is 5.75 Å². The first-order valence-electron chi connectivity index (χ1n) is 11.3. The molecule has 0 atom stereocenters. The quantitative estimate of drug-likeness (QED) is 0.148. The molecular formula is C24H39BrN2O2. The zero-order valence-corrected chi connectivity index (χ0v) is 19.9. The molecule has 164 valence electrons. The van der Waals surface area contributed by atoms with Gasteiger partial charge in [0.2, 0.25) is 5.91 Å². The lowest BCUT2D eigenvalue weighted by Gasteiger charge is -2.04. The average Bonchev–Trinajstić information content (AvgIpc) is 2.72. The van der Waals surface area contributed by atoms with Crippen LogP contribution in [0.1, 0.15) is 102 Å². The van der Waals surface area contributed by atoms with Gasteiger partial charge in [0.15, 0.2) is 0 Å². The summed E-state index contributed by atoms with van der Waals surface area (Å²) in [6.45, 7) is 2.27. The fourth-order valence-corrected chi connectivity index (χ4v) is 3.63. The Balaban J connectivity index is 1.98. The van der Waals surface area contributed by atoms with Crippen LogP contribution in [0.3, 0.4) is 0 Å². The minimum Gasteiger partial charge on any atom is -0.497 e.